The van der Waals surface area contributed by atoms with Crippen LogP contribution in [-0.2, 0) is 16.1 Å². The first-order valence-electron chi connectivity index (χ1n) is 6.65. The summed E-state index contributed by atoms with van der Waals surface area (Å²) in [6.07, 6.45) is -0.179. The Kier molecular flexibility index (Phi) is 7.05. The molecule has 1 aromatic heterocycles. The van der Waals surface area contributed by atoms with Crippen molar-refractivity contribution in [2.75, 3.05) is 13.2 Å². The third-order valence-corrected chi connectivity index (χ3v) is 3.85. The minimum absolute atomic E-state index is 0.387. The quantitative estimate of drug-likeness (QED) is 0.758. The summed E-state index contributed by atoms with van der Waals surface area (Å²) in [6.45, 7) is 8.11. The van der Waals surface area contributed by atoms with Crippen molar-refractivity contribution in [3.8, 4) is 0 Å². The molecule has 19 heavy (non-hydrogen) atoms. The molecule has 0 aromatic carbocycles. The lowest BCUT2D eigenvalue weighted by Crippen LogP contribution is -2.35. The number of hydrogen-bond acceptors (Lipinski definition) is 4. The van der Waals surface area contributed by atoms with Crippen molar-refractivity contribution in [1.29, 1.82) is 0 Å². The third kappa shape index (κ3) is 5.72. The van der Waals surface area contributed by atoms with E-state index in [2.05, 4.69) is 30.2 Å². The normalized spacial score (nSPS) is 13.1. The van der Waals surface area contributed by atoms with Crippen LogP contribution in [0.5, 0.6) is 0 Å². The molecule has 1 unspecified atom stereocenters. The maximum atomic E-state index is 11.0. The first kappa shape index (κ1) is 16.1. The topological polar surface area (TPSA) is 49.8 Å². The van der Waals surface area contributed by atoms with Gasteiger partial charge in [0.25, 0.3) is 0 Å². The Morgan fingerprint density at radius 2 is 2.26 bits per heavy atom. The maximum absolute atomic E-state index is 11.0. The molecule has 5 heteroatoms. The molecule has 108 valence electrons. The number of hydrogen-bond donors (Lipinski definition) is 1. The summed E-state index contributed by atoms with van der Waals surface area (Å²) in [6, 6.07) is 4.54. The van der Waals surface area contributed by atoms with Gasteiger partial charge in [-0.15, -0.1) is 11.3 Å². The Morgan fingerprint density at radius 1 is 1.53 bits per heavy atom. The van der Waals surface area contributed by atoms with Gasteiger partial charge in [-0.05, 0) is 38.6 Å². The molecule has 1 rings (SSSR count). The minimum atomic E-state index is -0.873. The highest BCUT2D eigenvalue weighted by Gasteiger charge is 2.20. The molecule has 1 heterocycles. The highest BCUT2D eigenvalue weighted by molar-refractivity contribution is 7.09. The smallest absolute Gasteiger partial charge is 0.332 e. The zero-order chi connectivity index (χ0) is 14.3. The molecule has 0 bridgehead atoms. The van der Waals surface area contributed by atoms with Crippen molar-refractivity contribution >= 4 is 17.3 Å². The van der Waals surface area contributed by atoms with Gasteiger partial charge in [0.1, 0.15) is 0 Å². The Bertz CT molecular complexity index is 365. The van der Waals surface area contributed by atoms with Crippen molar-refractivity contribution in [1.82, 2.24) is 4.90 Å². The van der Waals surface area contributed by atoms with Gasteiger partial charge in [-0.1, -0.05) is 6.07 Å². The molecule has 0 amide bonds. The van der Waals surface area contributed by atoms with Crippen LogP contribution >= 0.6 is 11.3 Å². The summed E-state index contributed by atoms with van der Waals surface area (Å²) in [5.74, 6) is -0.873. The fourth-order valence-corrected chi connectivity index (χ4v) is 2.61. The van der Waals surface area contributed by atoms with Crippen molar-refractivity contribution in [3.63, 3.8) is 0 Å². The third-order valence-electron chi connectivity index (χ3n) is 2.99. The Labute approximate surface area is 119 Å². The molecule has 0 aliphatic rings. The average Bonchev–Trinajstić information content (AvgIpc) is 2.84. The van der Waals surface area contributed by atoms with Gasteiger partial charge in [-0.2, -0.15) is 0 Å². The van der Waals surface area contributed by atoms with Crippen molar-refractivity contribution in [2.24, 2.45) is 0 Å². The molecule has 4 nitrogen and oxygen atoms in total. The maximum Gasteiger partial charge on any atom is 0.332 e. The molecule has 1 N–H and O–H groups in total. The first-order chi connectivity index (χ1) is 9.04. The average molecular weight is 285 g/mol. The van der Waals surface area contributed by atoms with Crippen molar-refractivity contribution < 1.29 is 14.6 Å². The number of carboxylic acid groups (broad SMARTS) is 1. The summed E-state index contributed by atoms with van der Waals surface area (Å²) in [5.41, 5.74) is 0. The van der Waals surface area contributed by atoms with Gasteiger partial charge in [-0.3, -0.25) is 4.90 Å². The SMILES string of the molecule is CCOC(CCN(Cc1cccs1)C(C)C)C(=O)O. The van der Waals surface area contributed by atoms with Crippen LogP contribution in [0.4, 0.5) is 0 Å². The van der Waals surface area contributed by atoms with Gasteiger partial charge in [0.2, 0.25) is 0 Å². The molecule has 0 saturated heterocycles. The lowest BCUT2D eigenvalue weighted by atomic mass is 10.2. The summed E-state index contributed by atoms with van der Waals surface area (Å²) in [7, 11) is 0. The summed E-state index contributed by atoms with van der Waals surface area (Å²) in [5, 5.41) is 11.1. The Morgan fingerprint density at radius 3 is 2.74 bits per heavy atom. The van der Waals surface area contributed by atoms with Crippen LogP contribution in [0.15, 0.2) is 17.5 Å². The number of carboxylic acids is 1. The second-order valence-electron chi connectivity index (χ2n) is 4.71. The van der Waals surface area contributed by atoms with Crippen LogP contribution in [-0.4, -0.2) is 41.3 Å². The fraction of sp³-hybridized carbons (Fsp3) is 0.643. The molecule has 0 spiro atoms. The number of carbonyl (C=O) groups is 1. The van der Waals surface area contributed by atoms with Crippen LogP contribution < -0.4 is 0 Å². The molecular weight excluding hydrogens is 262 g/mol. The predicted octanol–water partition coefficient (Wildman–Crippen LogP) is 2.84. The first-order valence-corrected chi connectivity index (χ1v) is 7.53. The number of nitrogens with zero attached hydrogens (tertiary/aromatic N) is 1. The van der Waals surface area contributed by atoms with Crippen molar-refractivity contribution in [3.05, 3.63) is 22.4 Å². The largest absolute Gasteiger partial charge is 0.479 e. The monoisotopic (exact) mass is 285 g/mol. The molecule has 0 radical (unpaired) electrons. The van der Waals surface area contributed by atoms with E-state index in [9.17, 15) is 4.79 Å². The van der Waals surface area contributed by atoms with Gasteiger partial charge in [0.15, 0.2) is 6.10 Å². The van der Waals surface area contributed by atoms with E-state index in [1.165, 1.54) is 4.88 Å². The highest BCUT2D eigenvalue weighted by atomic mass is 32.1. The van der Waals surface area contributed by atoms with Gasteiger partial charge in [0.05, 0.1) is 0 Å². The number of thiophene rings is 1. The molecule has 0 aliphatic heterocycles. The van der Waals surface area contributed by atoms with Gasteiger partial charge < -0.3 is 9.84 Å². The standard InChI is InChI=1S/C14H23NO3S/c1-4-18-13(14(16)17)7-8-15(11(2)3)10-12-6-5-9-19-12/h5-6,9,11,13H,4,7-8,10H2,1-3H3,(H,16,17). The van der Waals surface area contributed by atoms with E-state index in [0.717, 1.165) is 13.1 Å². The van der Waals surface area contributed by atoms with E-state index in [0.29, 0.717) is 19.1 Å². The van der Waals surface area contributed by atoms with Crippen LogP contribution in [0.1, 0.15) is 32.1 Å². The number of aliphatic carboxylic acids is 1. The molecule has 0 fully saturated rings. The minimum Gasteiger partial charge on any atom is -0.479 e. The zero-order valence-corrected chi connectivity index (χ0v) is 12.7. The van der Waals surface area contributed by atoms with Gasteiger partial charge >= 0.3 is 5.97 Å². The van der Waals surface area contributed by atoms with E-state index < -0.39 is 12.1 Å². The van der Waals surface area contributed by atoms with E-state index in [4.69, 9.17) is 9.84 Å². The zero-order valence-electron chi connectivity index (χ0n) is 11.8. The molecule has 0 aliphatic carbocycles. The van der Waals surface area contributed by atoms with Crippen LogP contribution in [0.3, 0.4) is 0 Å². The van der Waals surface area contributed by atoms with Gasteiger partial charge in [0, 0.05) is 30.6 Å². The number of rotatable bonds is 9. The van der Waals surface area contributed by atoms with Gasteiger partial charge in [-0.25, -0.2) is 4.79 Å². The highest BCUT2D eigenvalue weighted by Crippen LogP contribution is 2.15. The van der Waals surface area contributed by atoms with E-state index >= 15 is 0 Å². The van der Waals surface area contributed by atoms with Crippen LogP contribution in [0.2, 0.25) is 0 Å². The lowest BCUT2D eigenvalue weighted by Gasteiger charge is -2.27. The second-order valence-corrected chi connectivity index (χ2v) is 5.75. The van der Waals surface area contributed by atoms with E-state index in [1.807, 2.05) is 13.0 Å². The van der Waals surface area contributed by atoms with Crippen LogP contribution in [0, 0.1) is 0 Å². The van der Waals surface area contributed by atoms with E-state index in [1.54, 1.807) is 11.3 Å². The molecule has 1 atom stereocenters. The van der Waals surface area contributed by atoms with E-state index in [-0.39, 0.29) is 0 Å². The molecular formula is C14H23NO3S. The molecule has 1 aromatic rings. The Hall–Kier alpha value is -0.910. The lowest BCUT2D eigenvalue weighted by molar-refractivity contribution is -0.150. The van der Waals surface area contributed by atoms with Crippen LogP contribution in [0.25, 0.3) is 0 Å². The summed E-state index contributed by atoms with van der Waals surface area (Å²) < 4.78 is 5.25. The number of ether oxygens (including phenoxy) is 1. The predicted molar refractivity (Wildman–Crippen MR) is 77.5 cm³/mol. The Balaban J connectivity index is 2.51. The molecule has 0 saturated carbocycles. The second kappa shape index (κ2) is 8.30. The summed E-state index contributed by atoms with van der Waals surface area (Å²) in [4.78, 5) is 14.6. The fourth-order valence-electron chi connectivity index (χ4n) is 1.88. The van der Waals surface area contributed by atoms with Crippen molar-refractivity contribution in [2.45, 2.75) is 45.9 Å². The summed E-state index contributed by atoms with van der Waals surface area (Å²) >= 11 is 1.73.